The summed E-state index contributed by atoms with van der Waals surface area (Å²) in [4.78, 5) is 23.0. The fourth-order valence-corrected chi connectivity index (χ4v) is 3.54. The number of fused-ring (bicyclic) bond motifs is 2. The topological polar surface area (TPSA) is 93.1 Å². The van der Waals surface area contributed by atoms with Gasteiger partial charge in [-0.2, -0.15) is 0 Å². The van der Waals surface area contributed by atoms with Crippen LogP contribution in [0.5, 0.6) is 0 Å². The summed E-state index contributed by atoms with van der Waals surface area (Å²) in [5.41, 5.74) is 0. The van der Waals surface area contributed by atoms with Gasteiger partial charge >= 0.3 is 11.9 Å². The monoisotopic (exact) mass is 258 g/mol. The van der Waals surface area contributed by atoms with Crippen molar-refractivity contribution in [1.82, 2.24) is 0 Å². The number of hydrogen-bond donors (Lipinski definition) is 2. The smallest absolute Gasteiger partial charge is 0.309 e. The number of carbonyl (C=O) groups is 2. The number of ether oxygens (including phenoxy) is 2. The number of carbonyl (C=O) groups excluding carboxylic acids is 1. The Morgan fingerprint density at radius 3 is 2.44 bits per heavy atom. The maximum Gasteiger partial charge on any atom is 0.309 e. The zero-order valence-electron chi connectivity index (χ0n) is 10.4. The molecule has 0 aromatic heterocycles. The lowest BCUT2D eigenvalue weighted by Gasteiger charge is -2.35. The van der Waals surface area contributed by atoms with E-state index in [2.05, 4.69) is 4.74 Å². The Morgan fingerprint density at radius 2 is 1.94 bits per heavy atom. The highest BCUT2D eigenvalue weighted by Gasteiger charge is 2.63. The molecule has 0 heterocycles. The lowest BCUT2D eigenvalue weighted by atomic mass is 9.76. The maximum atomic E-state index is 11.7. The molecule has 0 aromatic carbocycles. The number of rotatable bonds is 4. The summed E-state index contributed by atoms with van der Waals surface area (Å²) in [6.45, 7) is 2.21. The fourth-order valence-electron chi connectivity index (χ4n) is 3.54. The van der Waals surface area contributed by atoms with E-state index in [1.165, 1.54) is 7.11 Å². The third-order valence-corrected chi connectivity index (χ3v) is 4.17. The van der Waals surface area contributed by atoms with Gasteiger partial charge in [0.15, 0.2) is 0 Å². The van der Waals surface area contributed by atoms with Crippen LogP contribution in [-0.2, 0) is 19.1 Å². The van der Waals surface area contributed by atoms with Gasteiger partial charge in [-0.25, -0.2) is 0 Å². The Hall–Kier alpha value is -1.14. The fraction of sp³-hybridized carbons (Fsp3) is 0.833. The van der Waals surface area contributed by atoms with E-state index in [0.29, 0.717) is 13.0 Å². The van der Waals surface area contributed by atoms with Crippen LogP contribution in [0.2, 0.25) is 0 Å². The van der Waals surface area contributed by atoms with Crippen molar-refractivity contribution >= 4 is 11.9 Å². The summed E-state index contributed by atoms with van der Waals surface area (Å²) in [5.74, 6) is -3.84. The molecule has 2 N–H and O–H groups in total. The van der Waals surface area contributed by atoms with Crippen LogP contribution >= 0.6 is 0 Å². The van der Waals surface area contributed by atoms with Crippen molar-refractivity contribution in [2.75, 3.05) is 13.7 Å². The molecule has 2 aliphatic carbocycles. The second-order valence-electron chi connectivity index (χ2n) is 4.89. The van der Waals surface area contributed by atoms with Gasteiger partial charge < -0.3 is 19.7 Å². The Balaban J connectivity index is 2.26. The Morgan fingerprint density at radius 1 is 1.28 bits per heavy atom. The minimum Gasteiger partial charge on any atom is -0.481 e. The summed E-state index contributed by atoms with van der Waals surface area (Å²) in [5, 5.41) is 19.4. The predicted molar refractivity (Wildman–Crippen MR) is 59.6 cm³/mol. The molecule has 6 unspecified atom stereocenters. The van der Waals surface area contributed by atoms with Crippen LogP contribution in [0.15, 0.2) is 0 Å². The minimum absolute atomic E-state index is 0.313. The molecule has 0 spiro atoms. The van der Waals surface area contributed by atoms with E-state index in [0.717, 1.165) is 0 Å². The third kappa shape index (κ3) is 1.80. The molecule has 18 heavy (non-hydrogen) atoms. The highest BCUT2D eigenvalue weighted by Crippen LogP contribution is 2.53. The molecule has 2 saturated carbocycles. The quantitative estimate of drug-likeness (QED) is 0.684. The molecular weight excluding hydrogens is 240 g/mol. The van der Waals surface area contributed by atoms with E-state index in [1.807, 2.05) is 0 Å². The molecule has 0 radical (unpaired) electrons. The van der Waals surface area contributed by atoms with Crippen molar-refractivity contribution in [1.29, 1.82) is 0 Å². The first-order valence-electron chi connectivity index (χ1n) is 6.13. The summed E-state index contributed by atoms with van der Waals surface area (Å²) in [6.07, 6.45) is -0.764. The second-order valence-corrected chi connectivity index (χ2v) is 4.89. The van der Waals surface area contributed by atoms with Crippen LogP contribution in [0.1, 0.15) is 13.3 Å². The lowest BCUT2D eigenvalue weighted by Crippen LogP contribution is -2.48. The summed E-state index contributed by atoms with van der Waals surface area (Å²) in [6, 6.07) is 0. The Bertz CT molecular complexity index is 354. The molecule has 2 aliphatic rings. The number of hydrogen-bond acceptors (Lipinski definition) is 5. The van der Waals surface area contributed by atoms with Gasteiger partial charge in [0, 0.05) is 18.4 Å². The van der Waals surface area contributed by atoms with Crippen LogP contribution in [0.3, 0.4) is 0 Å². The summed E-state index contributed by atoms with van der Waals surface area (Å²) < 4.78 is 10.1. The molecule has 2 fully saturated rings. The van der Waals surface area contributed by atoms with Gasteiger partial charge in [-0.1, -0.05) is 0 Å². The first-order chi connectivity index (χ1) is 8.52. The first-order valence-corrected chi connectivity index (χ1v) is 6.13. The number of aliphatic carboxylic acids is 1. The van der Waals surface area contributed by atoms with Gasteiger partial charge in [-0.05, 0) is 13.3 Å². The summed E-state index contributed by atoms with van der Waals surface area (Å²) >= 11 is 0. The predicted octanol–water partition coefficient (Wildman–Crippen LogP) is -0.108. The molecule has 0 saturated heterocycles. The Kier molecular flexibility index (Phi) is 3.59. The van der Waals surface area contributed by atoms with Gasteiger partial charge in [-0.15, -0.1) is 0 Å². The van der Waals surface area contributed by atoms with Gasteiger partial charge in [0.1, 0.15) is 0 Å². The SMILES string of the molecule is CCOC1C(O)C2CC1C(C(=O)O)C2C(=O)OC. The van der Waals surface area contributed by atoms with Crippen molar-refractivity contribution < 1.29 is 29.3 Å². The number of esters is 1. The second kappa shape index (κ2) is 4.85. The van der Waals surface area contributed by atoms with Crippen molar-refractivity contribution in [3.05, 3.63) is 0 Å². The van der Waals surface area contributed by atoms with Crippen molar-refractivity contribution in [3.63, 3.8) is 0 Å². The molecule has 0 aromatic rings. The average molecular weight is 258 g/mol. The van der Waals surface area contributed by atoms with E-state index in [4.69, 9.17) is 4.74 Å². The molecule has 2 bridgehead atoms. The number of aliphatic hydroxyl groups excluding tert-OH is 1. The van der Waals surface area contributed by atoms with Gasteiger partial charge in [0.05, 0.1) is 31.2 Å². The molecule has 6 atom stereocenters. The molecular formula is C12H18O6. The standard InChI is InChI=1S/C12H18O6/c1-3-18-10-6-4-5(9(10)13)8(12(16)17-2)7(6)11(14)15/h5-10,13H,3-4H2,1-2H3,(H,14,15). The number of carboxylic acids is 1. The van der Waals surface area contributed by atoms with Gasteiger partial charge in [0.25, 0.3) is 0 Å². The number of methoxy groups -OCH3 is 1. The first kappa shape index (κ1) is 13.3. The van der Waals surface area contributed by atoms with E-state index >= 15 is 0 Å². The van der Waals surface area contributed by atoms with Crippen LogP contribution in [0.25, 0.3) is 0 Å². The largest absolute Gasteiger partial charge is 0.481 e. The molecule has 2 rings (SSSR count). The van der Waals surface area contributed by atoms with E-state index < -0.39 is 36.0 Å². The van der Waals surface area contributed by atoms with Crippen molar-refractivity contribution in [3.8, 4) is 0 Å². The van der Waals surface area contributed by atoms with Crippen LogP contribution in [0.4, 0.5) is 0 Å². The van der Waals surface area contributed by atoms with Crippen LogP contribution in [0, 0.1) is 23.7 Å². The van der Waals surface area contributed by atoms with E-state index in [9.17, 15) is 19.8 Å². The Labute approximate surface area is 105 Å². The van der Waals surface area contributed by atoms with E-state index in [-0.39, 0.29) is 11.8 Å². The summed E-state index contributed by atoms with van der Waals surface area (Å²) in [7, 11) is 1.24. The van der Waals surface area contributed by atoms with Gasteiger partial charge in [0.2, 0.25) is 0 Å². The zero-order chi connectivity index (χ0) is 13.4. The highest BCUT2D eigenvalue weighted by molar-refractivity contribution is 5.83. The maximum absolute atomic E-state index is 11.7. The van der Waals surface area contributed by atoms with Gasteiger partial charge in [-0.3, -0.25) is 9.59 Å². The molecule has 6 nitrogen and oxygen atoms in total. The lowest BCUT2D eigenvalue weighted by molar-refractivity contribution is -0.168. The van der Waals surface area contributed by atoms with Crippen molar-refractivity contribution in [2.24, 2.45) is 23.7 Å². The number of carboxylic acid groups (broad SMARTS) is 1. The van der Waals surface area contributed by atoms with Crippen LogP contribution < -0.4 is 0 Å². The zero-order valence-corrected chi connectivity index (χ0v) is 10.4. The van der Waals surface area contributed by atoms with Crippen molar-refractivity contribution in [2.45, 2.75) is 25.6 Å². The molecule has 102 valence electrons. The average Bonchev–Trinajstić information content (AvgIpc) is 2.86. The minimum atomic E-state index is -1.02. The van der Waals surface area contributed by atoms with Crippen LogP contribution in [-0.4, -0.2) is 48.1 Å². The molecule has 6 heteroatoms. The molecule has 0 aliphatic heterocycles. The highest BCUT2D eigenvalue weighted by atomic mass is 16.5. The third-order valence-electron chi connectivity index (χ3n) is 4.17. The molecule has 0 amide bonds. The van der Waals surface area contributed by atoms with E-state index in [1.54, 1.807) is 6.92 Å². The normalized spacial score (nSPS) is 41.9. The number of aliphatic hydroxyl groups is 1.